The van der Waals surface area contributed by atoms with Crippen LogP contribution in [0.4, 0.5) is 15.8 Å². The maximum absolute atomic E-state index is 13.2. The topological polar surface area (TPSA) is 41.1 Å². The summed E-state index contributed by atoms with van der Waals surface area (Å²) in [4.78, 5) is 11.7. The van der Waals surface area contributed by atoms with E-state index in [4.69, 9.17) is 11.6 Å². The van der Waals surface area contributed by atoms with Crippen molar-refractivity contribution in [3.05, 3.63) is 58.9 Å². The van der Waals surface area contributed by atoms with Gasteiger partial charge in [0.2, 0.25) is 5.91 Å². The molecule has 0 heterocycles. The van der Waals surface area contributed by atoms with E-state index in [1.54, 1.807) is 6.07 Å². The Balaban J connectivity index is 1.88. The first-order valence-electron chi connectivity index (χ1n) is 6.10. The lowest BCUT2D eigenvalue weighted by atomic mass is 10.2. The van der Waals surface area contributed by atoms with Gasteiger partial charge in [0.15, 0.2) is 0 Å². The van der Waals surface area contributed by atoms with Gasteiger partial charge in [0.25, 0.3) is 0 Å². The van der Waals surface area contributed by atoms with Crippen LogP contribution in [0.15, 0.2) is 42.5 Å². The molecule has 0 spiro atoms. The lowest BCUT2D eigenvalue weighted by molar-refractivity contribution is -0.114. The van der Waals surface area contributed by atoms with Gasteiger partial charge in [0.1, 0.15) is 5.82 Å². The molecule has 20 heavy (non-hydrogen) atoms. The highest BCUT2D eigenvalue weighted by molar-refractivity contribution is 6.30. The summed E-state index contributed by atoms with van der Waals surface area (Å²) >= 11 is 5.58. The first-order valence-corrected chi connectivity index (χ1v) is 6.48. The van der Waals surface area contributed by atoms with Crippen LogP contribution in [-0.2, 0) is 4.79 Å². The van der Waals surface area contributed by atoms with Crippen molar-refractivity contribution in [2.45, 2.75) is 6.92 Å². The first-order chi connectivity index (χ1) is 9.54. The van der Waals surface area contributed by atoms with Gasteiger partial charge in [0.05, 0.1) is 11.6 Å². The standard InChI is InChI=1S/C15H14ClFN2O/c1-10-2-4-11(5-3-10)19-15(20)9-18-12-6-7-13(16)14(17)8-12/h2-8,18H,9H2,1H3,(H,19,20). The van der Waals surface area contributed by atoms with E-state index in [1.165, 1.54) is 12.1 Å². The number of rotatable bonds is 4. The SMILES string of the molecule is Cc1ccc(NC(=O)CNc2ccc(Cl)c(F)c2)cc1. The Morgan fingerprint density at radius 3 is 2.45 bits per heavy atom. The van der Waals surface area contributed by atoms with Gasteiger partial charge in [-0.1, -0.05) is 29.3 Å². The molecule has 0 aromatic heterocycles. The average molecular weight is 293 g/mol. The van der Waals surface area contributed by atoms with Crippen molar-refractivity contribution in [2.24, 2.45) is 0 Å². The van der Waals surface area contributed by atoms with E-state index in [2.05, 4.69) is 10.6 Å². The maximum Gasteiger partial charge on any atom is 0.243 e. The lowest BCUT2D eigenvalue weighted by Gasteiger charge is -2.08. The van der Waals surface area contributed by atoms with E-state index in [0.29, 0.717) is 5.69 Å². The second kappa shape index (κ2) is 6.39. The summed E-state index contributed by atoms with van der Waals surface area (Å²) in [6, 6.07) is 11.8. The molecule has 0 saturated carbocycles. The number of anilines is 2. The largest absolute Gasteiger partial charge is 0.376 e. The second-order valence-electron chi connectivity index (χ2n) is 4.40. The van der Waals surface area contributed by atoms with Crippen molar-refractivity contribution in [1.29, 1.82) is 0 Å². The van der Waals surface area contributed by atoms with Crippen LogP contribution in [0.1, 0.15) is 5.56 Å². The van der Waals surface area contributed by atoms with Crippen LogP contribution in [0.2, 0.25) is 5.02 Å². The van der Waals surface area contributed by atoms with E-state index in [9.17, 15) is 9.18 Å². The Labute approximate surface area is 121 Å². The van der Waals surface area contributed by atoms with E-state index >= 15 is 0 Å². The number of nitrogens with one attached hydrogen (secondary N) is 2. The predicted octanol–water partition coefficient (Wildman–Crippen LogP) is 3.84. The molecule has 2 aromatic rings. The van der Waals surface area contributed by atoms with Crippen LogP contribution < -0.4 is 10.6 Å². The second-order valence-corrected chi connectivity index (χ2v) is 4.80. The molecule has 2 N–H and O–H groups in total. The molecule has 2 rings (SSSR count). The zero-order valence-corrected chi connectivity index (χ0v) is 11.7. The summed E-state index contributed by atoms with van der Waals surface area (Å²) in [6.45, 7) is 2.02. The van der Waals surface area contributed by atoms with E-state index < -0.39 is 5.82 Å². The van der Waals surface area contributed by atoms with Gasteiger partial charge < -0.3 is 10.6 Å². The minimum Gasteiger partial charge on any atom is -0.376 e. The van der Waals surface area contributed by atoms with Crippen molar-refractivity contribution in [3.63, 3.8) is 0 Å². The molecule has 0 unspecified atom stereocenters. The van der Waals surface area contributed by atoms with Gasteiger partial charge >= 0.3 is 0 Å². The molecule has 0 fully saturated rings. The summed E-state index contributed by atoms with van der Waals surface area (Å²) in [6.07, 6.45) is 0. The van der Waals surface area contributed by atoms with Gasteiger partial charge in [0, 0.05) is 11.4 Å². The first kappa shape index (κ1) is 14.3. The molecule has 0 atom stereocenters. The average Bonchev–Trinajstić information content (AvgIpc) is 2.43. The van der Waals surface area contributed by atoms with Crippen molar-refractivity contribution in [3.8, 4) is 0 Å². The molecule has 0 saturated heterocycles. The highest BCUT2D eigenvalue weighted by atomic mass is 35.5. The van der Waals surface area contributed by atoms with Crippen LogP contribution in [0.3, 0.4) is 0 Å². The summed E-state index contributed by atoms with van der Waals surface area (Å²) in [5.41, 5.74) is 2.36. The molecule has 0 aliphatic rings. The van der Waals surface area contributed by atoms with Crippen LogP contribution in [0.25, 0.3) is 0 Å². The van der Waals surface area contributed by atoms with Crippen molar-refractivity contribution >= 4 is 28.9 Å². The molecular weight excluding hydrogens is 279 g/mol. The van der Waals surface area contributed by atoms with E-state index in [0.717, 1.165) is 11.3 Å². The highest BCUT2D eigenvalue weighted by Crippen LogP contribution is 2.18. The minimum atomic E-state index is -0.518. The summed E-state index contributed by atoms with van der Waals surface area (Å²) in [7, 11) is 0. The number of carbonyl (C=O) groups is 1. The summed E-state index contributed by atoms with van der Waals surface area (Å²) < 4.78 is 13.2. The molecule has 104 valence electrons. The Morgan fingerprint density at radius 2 is 1.80 bits per heavy atom. The molecule has 2 aromatic carbocycles. The van der Waals surface area contributed by atoms with Crippen LogP contribution >= 0.6 is 11.6 Å². The number of amides is 1. The number of hydrogen-bond donors (Lipinski definition) is 2. The molecule has 0 aliphatic carbocycles. The van der Waals surface area contributed by atoms with Crippen molar-refractivity contribution in [2.75, 3.05) is 17.2 Å². The number of halogens is 2. The fourth-order valence-electron chi connectivity index (χ4n) is 1.63. The Hall–Kier alpha value is -2.07. The minimum absolute atomic E-state index is 0.0505. The smallest absolute Gasteiger partial charge is 0.243 e. The van der Waals surface area contributed by atoms with Gasteiger partial charge in [-0.3, -0.25) is 4.79 Å². The molecule has 1 amide bonds. The number of benzene rings is 2. The number of hydrogen-bond acceptors (Lipinski definition) is 2. The van der Waals surface area contributed by atoms with Gasteiger partial charge in [-0.15, -0.1) is 0 Å². The highest BCUT2D eigenvalue weighted by Gasteiger charge is 2.04. The number of carbonyl (C=O) groups excluding carboxylic acids is 1. The predicted molar refractivity (Wildman–Crippen MR) is 79.7 cm³/mol. The molecule has 3 nitrogen and oxygen atoms in total. The summed E-state index contributed by atoms with van der Waals surface area (Å²) in [5, 5.41) is 5.63. The molecule has 0 bridgehead atoms. The van der Waals surface area contributed by atoms with Gasteiger partial charge in [-0.25, -0.2) is 4.39 Å². The van der Waals surface area contributed by atoms with Crippen molar-refractivity contribution in [1.82, 2.24) is 0 Å². The molecular formula is C15H14ClFN2O. The van der Waals surface area contributed by atoms with E-state index in [-0.39, 0.29) is 17.5 Å². The van der Waals surface area contributed by atoms with Crippen LogP contribution in [-0.4, -0.2) is 12.5 Å². The zero-order valence-electron chi connectivity index (χ0n) is 10.9. The Kier molecular flexibility index (Phi) is 4.58. The third-order valence-electron chi connectivity index (χ3n) is 2.71. The monoisotopic (exact) mass is 292 g/mol. The lowest BCUT2D eigenvalue weighted by Crippen LogP contribution is -2.21. The molecule has 0 radical (unpaired) electrons. The fourth-order valence-corrected chi connectivity index (χ4v) is 1.75. The van der Waals surface area contributed by atoms with Crippen molar-refractivity contribution < 1.29 is 9.18 Å². The third kappa shape index (κ3) is 3.96. The Morgan fingerprint density at radius 1 is 1.15 bits per heavy atom. The Bertz CT molecular complexity index is 614. The molecule has 0 aliphatic heterocycles. The van der Waals surface area contributed by atoms with Gasteiger partial charge in [-0.2, -0.15) is 0 Å². The van der Waals surface area contributed by atoms with E-state index in [1.807, 2.05) is 31.2 Å². The van der Waals surface area contributed by atoms with Crippen LogP contribution in [0.5, 0.6) is 0 Å². The fraction of sp³-hybridized carbons (Fsp3) is 0.133. The number of aryl methyl sites for hydroxylation is 1. The van der Waals surface area contributed by atoms with Gasteiger partial charge in [-0.05, 0) is 37.3 Å². The third-order valence-corrected chi connectivity index (χ3v) is 3.01. The normalized spacial score (nSPS) is 10.2. The summed E-state index contributed by atoms with van der Waals surface area (Å²) in [5.74, 6) is -0.722. The zero-order chi connectivity index (χ0) is 14.5. The van der Waals surface area contributed by atoms with Crippen LogP contribution in [0, 0.1) is 12.7 Å². The quantitative estimate of drug-likeness (QED) is 0.899. The molecule has 5 heteroatoms. The maximum atomic E-state index is 13.2.